The molecule has 0 saturated heterocycles. The Morgan fingerprint density at radius 3 is 1.58 bits per heavy atom. The summed E-state index contributed by atoms with van der Waals surface area (Å²) < 4.78 is 34.5. The Bertz CT molecular complexity index is 183. The van der Waals surface area contributed by atoms with Crippen molar-refractivity contribution in [1.82, 2.24) is 8.61 Å². The third-order valence-electron chi connectivity index (χ3n) is 0.964. The minimum absolute atomic E-state index is 0.0808. The molecule has 0 heterocycles. The van der Waals surface area contributed by atoms with Gasteiger partial charge in [-0.15, -0.1) is 17.4 Å². The van der Waals surface area contributed by atoms with Crippen LogP contribution in [0.5, 0.6) is 0 Å². The standard InChI is InChI=1S/C4H6F2N2O3S/c1-7(3(5)9)12(11)8(2)4(6)10/h1-2H3. The highest BCUT2D eigenvalue weighted by atomic mass is 32.2. The molecule has 0 unspecified atom stereocenters. The molecule has 0 spiro atoms. The highest BCUT2D eigenvalue weighted by molar-refractivity contribution is 7.87. The highest BCUT2D eigenvalue weighted by Crippen LogP contribution is 2.06. The Morgan fingerprint density at radius 2 is 1.42 bits per heavy atom. The Hall–Kier alpha value is -0.890. The van der Waals surface area contributed by atoms with E-state index in [9.17, 15) is 22.9 Å². The van der Waals surface area contributed by atoms with Gasteiger partial charge in [0.15, 0.2) is 0 Å². The molecule has 0 radical (unpaired) electrons. The van der Waals surface area contributed by atoms with E-state index in [0.29, 0.717) is 0 Å². The first-order valence-electron chi connectivity index (χ1n) is 2.66. The maximum absolute atomic E-state index is 11.8. The van der Waals surface area contributed by atoms with Crippen LogP contribution in [0.1, 0.15) is 0 Å². The van der Waals surface area contributed by atoms with Gasteiger partial charge in [-0.2, -0.15) is 0 Å². The molecule has 0 rings (SSSR count). The average molecular weight is 200 g/mol. The summed E-state index contributed by atoms with van der Waals surface area (Å²) in [5, 5.41) is 0. The molecule has 2 amide bonds. The van der Waals surface area contributed by atoms with E-state index in [0.717, 1.165) is 14.1 Å². The Kier molecular flexibility index (Phi) is 3.90. The van der Waals surface area contributed by atoms with Gasteiger partial charge < -0.3 is 4.55 Å². The van der Waals surface area contributed by atoms with Crippen molar-refractivity contribution in [3.63, 3.8) is 0 Å². The Balaban J connectivity index is 4.28. The molecule has 0 aromatic carbocycles. The molecule has 0 aliphatic heterocycles. The van der Waals surface area contributed by atoms with Gasteiger partial charge in [0.05, 0.1) is 14.1 Å². The molecule has 12 heavy (non-hydrogen) atoms. The molecule has 0 aromatic heterocycles. The van der Waals surface area contributed by atoms with Gasteiger partial charge in [-0.1, -0.05) is 0 Å². The first kappa shape index (κ1) is 11.1. The van der Waals surface area contributed by atoms with Crippen molar-refractivity contribution >= 4 is 23.9 Å². The molecule has 0 saturated carbocycles. The lowest BCUT2D eigenvalue weighted by Gasteiger charge is -2.20. The lowest BCUT2D eigenvalue weighted by atomic mass is 11.2. The summed E-state index contributed by atoms with van der Waals surface area (Å²) in [6, 6.07) is 0. The van der Waals surface area contributed by atoms with E-state index < -0.39 is 23.9 Å². The second-order valence-electron chi connectivity index (χ2n) is 1.73. The van der Waals surface area contributed by atoms with Crippen molar-refractivity contribution in [2.45, 2.75) is 0 Å². The molecule has 0 aliphatic rings. The summed E-state index contributed by atoms with van der Waals surface area (Å²) in [5.41, 5.74) is 0. The molecule has 0 aromatic rings. The number of hydrogen-bond acceptors (Lipinski definition) is 3. The molecule has 70 valence electrons. The number of carbonyl (C=O) groups is 2. The largest absolute Gasteiger partial charge is 0.568 e. The zero-order valence-corrected chi connectivity index (χ0v) is 7.10. The number of hydrogen-bond donors (Lipinski definition) is 0. The minimum atomic E-state index is -2.45. The van der Waals surface area contributed by atoms with Gasteiger partial charge in [-0.3, -0.25) is 0 Å². The Labute approximate surface area is 70.4 Å². The van der Waals surface area contributed by atoms with Gasteiger partial charge in [-0.25, -0.2) is 9.59 Å². The Morgan fingerprint density at radius 1 is 1.17 bits per heavy atom. The summed E-state index contributed by atoms with van der Waals surface area (Å²) in [4.78, 5) is 19.8. The van der Waals surface area contributed by atoms with Gasteiger partial charge in [-0.05, 0) is 0 Å². The zero-order valence-electron chi connectivity index (χ0n) is 6.28. The van der Waals surface area contributed by atoms with E-state index in [1.54, 1.807) is 0 Å². The van der Waals surface area contributed by atoms with E-state index in [1.807, 2.05) is 0 Å². The number of halogens is 2. The van der Waals surface area contributed by atoms with Crippen molar-refractivity contribution in [1.29, 1.82) is 0 Å². The zero-order chi connectivity index (χ0) is 9.89. The van der Waals surface area contributed by atoms with Crippen LogP contribution in [0.2, 0.25) is 0 Å². The number of rotatable bonds is 2. The monoisotopic (exact) mass is 200 g/mol. The summed E-state index contributed by atoms with van der Waals surface area (Å²) in [6.07, 6.45) is -4.03. The van der Waals surface area contributed by atoms with Crippen LogP contribution in [0, 0.1) is 0 Å². The number of nitrogens with zero attached hydrogens (tertiary/aromatic N) is 2. The fourth-order valence-corrected chi connectivity index (χ4v) is 0.920. The van der Waals surface area contributed by atoms with Crippen molar-refractivity contribution in [2.24, 2.45) is 0 Å². The van der Waals surface area contributed by atoms with Crippen LogP contribution in [-0.4, -0.2) is 39.6 Å². The third-order valence-corrected chi connectivity index (χ3v) is 2.19. The van der Waals surface area contributed by atoms with Crippen LogP contribution in [0.25, 0.3) is 0 Å². The normalized spacial score (nSPS) is 9.83. The minimum Gasteiger partial charge on any atom is -0.568 e. The topological polar surface area (TPSA) is 63.7 Å². The van der Waals surface area contributed by atoms with Gasteiger partial charge in [0.25, 0.3) is 0 Å². The van der Waals surface area contributed by atoms with Gasteiger partial charge in [0.2, 0.25) is 11.5 Å². The molecule has 0 N–H and O–H groups in total. The van der Waals surface area contributed by atoms with E-state index in [-0.39, 0.29) is 8.61 Å². The fraction of sp³-hybridized carbons (Fsp3) is 0.500. The van der Waals surface area contributed by atoms with Gasteiger partial charge in [0.1, 0.15) is 0 Å². The predicted molar refractivity (Wildman–Crippen MR) is 36.7 cm³/mol. The van der Waals surface area contributed by atoms with Gasteiger partial charge in [0, 0.05) is 0 Å². The second kappa shape index (κ2) is 4.21. The fourth-order valence-electron chi connectivity index (χ4n) is 0.307. The van der Waals surface area contributed by atoms with E-state index in [2.05, 4.69) is 0 Å². The highest BCUT2D eigenvalue weighted by Gasteiger charge is 2.30. The first-order valence-corrected chi connectivity index (χ1v) is 3.72. The van der Waals surface area contributed by atoms with Crippen LogP contribution in [0.4, 0.5) is 18.4 Å². The summed E-state index contributed by atoms with van der Waals surface area (Å²) in [5.74, 6) is 0. The lowest BCUT2D eigenvalue weighted by molar-refractivity contribution is 0.198. The predicted octanol–water partition coefficient (Wildman–Crippen LogP) is 0.608. The molecule has 0 aliphatic carbocycles. The second-order valence-corrected chi connectivity index (χ2v) is 3.29. The summed E-state index contributed by atoms with van der Waals surface area (Å²) in [7, 11) is 1.66. The third kappa shape index (κ3) is 2.62. The van der Waals surface area contributed by atoms with Gasteiger partial charge >= 0.3 is 12.3 Å². The number of amides is 2. The molecular weight excluding hydrogens is 194 g/mol. The van der Waals surface area contributed by atoms with Crippen LogP contribution >= 0.6 is 0 Å². The quantitative estimate of drug-likeness (QED) is 0.372. The lowest BCUT2D eigenvalue weighted by Crippen LogP contribution is -2.42. The maximum Gasteiger partial charge on any atom is 0.443 e. The van der Waals surface area contributed by atoms with E-state index >= 15 is 0 Å². The van der Waals surface area contributed by atoms with Crippen LogP contribution in [-0.2, 0) is 11.5 Å². The van der Waals surface area contributed by atoms with E-state index in [1.165, 1.54) is 0 Å². The number of carbonyl (C=O) groups excluding carboxylic acids is 2. The van der Waals surface area contributed by atoms with Crippen LogP contribution in [0.15, 0.2) is 0 Å². The smallest absolute Gasteiger partial charge is 0.443 e. The molecule has 0 bridgehead atoms. The van der Waals surface area contributed by atoms with Crippen molar-refractivity contribution in [2.75, 3.05) is 14.1 Å². The van der Waals surface area contributed by atoms with Crippen LogP contribution < -0.4 is 0 Å². The molecule has 0 fully saturated rings. The molecule has 0 atom stereocenters. The van der Waals surface area contributed by atoms with E-state index in [4.69, 9.17) is 0 Å². The summed E-state index contributed by atoms with van der Waals surface area (Å²) >= 11 is -2.45. The van der Waals surface area contributed by atoms with Crippen LogP contribution in [0.3, 0.4) is 0 Å². The first-order chi connectivity index (χ1) is 5.37. The maximum atomic E-state index is 11.8. The van der Waals surface area contributed by atoms with Crippen molar-refractivity contribution < 1.29 is 22.9 Å². The average Bonchev–Trinajstić information content (AvgIpc) is 2.00. The molecule has 8 heteroatoms. The van der Waals surface area contributed by atoms with Crippen molar-refractivity contribution in [3.05, 3.63) is 0 Å². The summed E-state index contributed by atoms with van der Waals surface area (Å²) in [6.45, 7) is 0. The molecular formula is C4H6F2N2O3S. The van der Waals surface area contributed by atoms with Crippen molar-refractivity contribution in [3.8, 4) is 0 Å². The SMILES string of the molecule is CN(C(=O)F)[S+]([O-])N(C)C(=O)F. The molecule has 5 nitrogen and oxygen atoms in total.